The monoisotopic (exact) mass is 196 g/mol. The molecule has 0 aromatic carbocycles. The number of ether oxygens (including phenoxy) is 1. The van der Waals surface area contributed by atoms with Crippen molar-refractivity contribution in [1.82, 2.24) is 0 Å². The van der Waals surface area contributed by atoms with Gasteiger partial charge in [-0.1, -0.05) is 12.0 Å². The SMILES string of the molecule is CCOC(=O)/C=C1/CCCCC1C=O. The number of hydrogen-bond donors (Lipinski definition) is 0. The molecule has 0 aliphatic heterocycles. The Balaban J connectivity index is 2.62. The van der Waals surface area contributed by atoms with Crippen LogP contribution in [0, 0.1) is 5.92 Å². The summed E-state index contributed by atoms with van der Waals surface area (Å²) >= 11 is 0. The summed E-state index contributed by atoms with van der Waals surface area (Å²) in [4.78, 5) is 21.9. The van der Waals surface area contributed by atoms with Crippen molar-refractivity contribution in [3.05, 3.63) is 11.6 Å². The Labute approximate surface area is 84.1 Å². The highest BCUT2D eigenvalue weighted by Crippen LogP contribution is 2.27. The van der Waals surface area contributed by atoms with Crippen molar-refractivity contribution in [1.29, 1.82) is 0 Å². The number of hydrogen-bond acceptors (Lipinski definition) is 3. The van der Waals surface area contributed by atoms with E-state index in [9.17, 15) is 9.59 Å². The maximum Gasteiger partial charge on any atom is 0.330 e. The van der Waals surface area contributed by atoms with Gasteiger partial charge in [0.1, 0.15) is 6.29 Å². The van der Waals surface area contributed by atoms with Crippen LogP contribution in [0.15, 0.2) is 11.6 Å². The van der Waals surface area contributed by atoms with Crippen LogP contribution in [0.1, 0.15) is 32.6 Å². The molecule has 1 fully saturated rings. The van der Waals surface area contributed by atoms with Gasteiger partial charge >= 0.3 is 5.97 Å². The Kier molecular flexibility index (Phi) is 4.36. The predicted octanol–water partition coefficient (Wildman–Crippen LogP) is 1.86. The molecule has 0 N–H and O–H groups in total. The average molecular weight is 196 g/mol. The molecule has 0 bridgehead atoms. The molecule has 0 amide bonds. The lowest BCUT2D eigenvalue weighted by atomic mass is 9.85. The van der Waals surface area contributed by atoms with Gasteiger partial charge in [-0.05, 0) is 26.2 Å². The zero-order valence-electron chi connectivity index (χ0n) is 8.49. The van der Waals surface area contributed by atoms with Crippen molar-refractivity contribution in [2.75, 3.05) is 6.61 Å². The number of esters is 1. The zero-order valence-corrected chi connectivity index (χ0v) is 8.49. The lowest BCUT2D eigenvalue weighted by Gasteiger charge is -2.19. The molecule has 1 aliphatic carbocycles. The van der Waals surface area contributed by atoms with Crippen LogP contribution in [0.3, 0.4) is 0 Å². The van der Waals surface area contributed by atoms with Crippen LogP contribution in [-0.2, 0) is 14.3 Å². The molecule has 0 spiro atoms. The molecule has 0 saturated heterocycles. The van der Waals surface area contributed by atoms with E-state index in [0.717, 1.165) is 37.5 Å². The molecule has 0 heterocycles. The van der Waals surface area contributed by atoms with Gasteiger partial charge in [0.15, 0.2) is 0 Å². The van der Waals surface area contributed by atoms with E-state index in [0.29, 0.717) is 6.61 Å². The second kappa shape index (κ2) is 5.58. The van der Waals surface area contributed by atoms with E-state index in [1.807, 2.05) is 0 Å². The normalized spacial score (nSPS) is 24.6. The molecule has 1 rings (SSSR count). The highest BCUT2D eigenvalue weighted by Gasteiger charge is 2.18. The van der Waals surface area contributed by atoms with Gasteiger partial charge in [0, 0.05) is 12.0 Å². The Hall–Kier alpha value is -1.12. The molecule has 0 radical (unpaired) electrons. The third kappa shape index (κ3) is 2.98. The Morgan fingerprint density at radius 2 is 2.36 bits per heavy atom. The lowest BCUT2D eigenvalue weighted by Crippen LogP contribution is -2.13. The summed E-state index contributed by atoms with van der Waals surface area (Å²) in [6, 6.07) is 0. The van der Waals surface area contributed by atoms with Crippen molar-refractivity contribution in [2.45, 2.75) is 32.6 Å². The van der Waals surface area contributed by atoms with Crippen LogP contribution < -0.4 is 0 Å². The third-order valence-corrected chi connectivity index (χ3v) is 2.46. The first-order valence-corrected chi connectivity index (χ1v) is 5.10. The van der Waals surface area contributed by atoms with E-state index in [-0.39, 0.29) is 11.9 Å². The summed E-state index contributed by atoms with van der Waals surface area (Å²) in [6.45, 7) is 2.16. The smallest absolute Gasteiger partial charge is 0.330 e. The summed E-state index contributed by atoms with van der Waals surface area (Å²) in [7, 11) is 0. The minimum atomic E-state index is -0.323. The Bertz CT molecular complexity index is 243. The van der Waals surface area contributed by atoms with Gasteiger partial charge in [-0.2, -0.15) is 0 Å². The second-order valence-electron chi connectivity index (χ2n) is 3.46. The second-order valence-corrected chi connectivity index (χ2v) is 3.46. The summed E-state index contributed by atoms with van der Waals surface area (Å²) < 4.78 is 4.81. The van der Waals surface area contributed by atoms with E-state index in [1.165, 1.54) is 6.08 Å². The van der Waals surface area contributed by atoms with Crippen LogP contribution in [0.4, 0.5) is 0 Å². The van der Waals surface area contributed by atoms with Gasteiger partial charge < -0.3 is 9.53 Å². The minimum Gasteiger partial charge on any atom is -0.463 e. The summed E-state index contributed by atoms with van der Waals surface area (Å²) in [5.41, 5.74) is 0.935. The standard InChI is InChI=1S/C11H16O3/c1-2-14-11(13)7-9-5-3-4-6-10(9)8-12/h7-8,10H,2-6H2,1H3/b9-7-. The quantitative estimate of drug-likeness (QED) is 0.393. The molecular weight excluding hydrogens is 180 g/mol. The number of carbonyl (C=O) groups excluding carboxylic acids is 2. The van der Waals surface area contributed by atoms with Crippen LogP contribution in [0.5, 0.6) is 0 Å². The number of aldehydes is 1. The lowest BCUT2D eigenvalue weighted by molar-refractivity contribution is -0.137. The highest BCUT2D eigenvalue weighted by atomic mass is 16.5. The predicted molar refractivity (Wildman–Crippen MR) is 52.7 cm³/mol. The van der Waals surface area contributed by atoms with Crippen LogP contribution in [-0.4, -0.2) is 18.9 Å². The van der Waals surface area contributed by atoms with Gasteiger partial charge in [0.2, 0.25) is 0 Å². The molecular formula is C11H16O3. The maximum atomic E-state index is 11.2. The molecule has 1 saturated carbocycles. The van der Waals surface area contributed by atoms with E-state index in [1.54, 1.807) is 6.92 Å². The molecule has 0 aromatic rings. The van der Waals surface area contributed by atoms with Crippen molar-refractivity contribution in [3.63, 3.8) is 0 Å². The first-order chi connectivity index (χ1) is 6.77. The van der Waals surface area contributed by atoms with Crippen LogP contribution >= 0.6 is 0 Å². The fraction of sp³-hybridized carbons (Fsp3) is 0.636. The van der Waals surface area contributed by atoms with Gasteiger partial charge in [0.25, 0.3) is 0 Å². The number of allylic oxidation sites excluding steroid dienone is 1. The van der Waals surface area contributed by atoms with Gasteiger partial charge in [-0.25, -0.2) is 4.79 Å². The first kappa shape index (κ1) is 11.0. The summed E-state index contributed by atoms with van der Waals surface area (Å²) in [6.07, 6.45) is 6.28. The van der Waals surface area contributed by atoms with Crippen molar-refractivity contribution in [2.24, 2.45) is 5.92 Å². The van der Waals surface area contributed by atoms with Crippen molar-refractivity contribution < 1.29 is 14.3 Å². The number of rotatable bonds is 3. The first-order valence-electron chi connectivity index (χ1n) is 5.10. The molecule has 3 heteroatoms. The van der Waals surface area contributed by atoms with Gasteiger partial charge in [-0.3, -0.25) is 0 Å². The van der Waals surface area contributed by atoms with Gasteiger partial charge in [-0.15, -0.1) is 0 Å². The topological polar surface area (TPSA) is 43.4 Å². The highest BCUT2D eigenvalue weighted by molar-refractivity contribution is 5.83. The van der Waals surface area contributed by atoms with E-state index in [2.05, 4.69) is 0 Å². The average Bonchev–Trinajstić information content (AvgIpc) is 2.19. The third-order valence-electron chi connectivity index (χ3n) is 2.46. The van der Waals surface area contributed by atoms with E-state index in [4.69, 9.17) is 4.74 Å². The molecule has 1 atom stereocenters. The molecule has 1 unspecified atom stereocenters. The maximum absolute atomic E-state index is 11.2. The van der Waals surface area contributed by atoms with E-state index < -0.39 is 0 Å². The summed E-state index contributed by atoms with van der Waals surface area (Å²) in [5, 5.41) is 0. The summed E-state index contributed by atoms with van der Waals surface area (Å²) in [5.74, 6) is -0.385. The van der Waals surface area contributed by atoms with Crippen molar-refractivity contribution in [3.8, 4) is 0 Å². The van der Waals surface area contributed by atoms with Crippen molar-refractivity contribution >= 4 is 12.3 Å². The van der Waals surface area contributed by atoms with E-state index >= 15 is 0 Å². The fourth-order valence-electron chi connectivity index (χ4n) is 1.73. The molecule has 78 valence electrons. The van der Waals surface area contributed by atoms with Crippen LogP contribution in [0.2, 0.25) is 0 Å². The molecule has 3 nitrogen and oxygen atoms in total. The molecule has 1 aliphatic rings. The zero-order chi connectivity index (χ0) is 10.4. The van der Waals surface area contributed by atoms with Crippen LogP contribution in [0.25, 0.3) is 0 Å². The number of carbonyl (C=O) groups is 2. The largest absolute Gasteiger partial charge is 0.463 e. The Morgan fingerprint density at radius 1 is 1.57 bits per heavy atom. The molecule has 0 aromatic heterocycles. The minimum absolute atomic E-state index is 0.0619. The Morgan fingerprint density at radius 3 is 3.00 bits per heavy atom. The van der Waals surface area contributed by atoms with Gasteiger partial charge in [0.05, 0.1) is 6.61 Å². The molecule has 14 heavy (non-hydrogen) atoms. The fourth-order valence-corrected chi connectivity index (χ4v) is 1.73.